The molecule has 0 aromatic carbocycles. The summed E-state index contributed by atoms with van der Waals surface area (Å²) < 4.78 is 13.7. The Bertz CT molecular complexity index is 197. The minimum absolute atomic E-state index is 0.149. The van der Waals surface area contributed by atoms with E-state index in [1.165, 1.54) is 0 Å². The molecule has 0 aromatic heterocycles. The van der Waals surface area contributed by atoms with Crippen molar-refractivity contribution in [2.45, 2.75) is 12.1 Å². The van der Waals surface area contributed by atoms with Crippen molar-refractivity contribution in [3.8, 4) is 0 Å². The highest BCUT2D eigenvalue weighted by Gasteiger charge is 2.51. The third kappa shape index (κ3) is 0.854. The number of hydrogen-bond donors (Lipinski definition) is 2. The zero-order valence-corrected chi connectivity index (χ0v) is 6.19. The molecule has 2 aliphatic heterocycles. The van der Waals surface area contributed by atoms with Crippen molar-refractivity contribution in [3.05, 3.63) is 0 Å². The zero-order valence-electron chi connectivity index (χ0n) is 6.19. The van der Waals surface area contributed by atoms with Crippen LogP contribution in [-0.4, -0.2) is 31.2 Å². The minimum Gasteiger partial charge on any atom is -0.353 e. The minimum atomic E-state index is -1.56. The lowest BCUT2D eigenvalue weighted by molar-refractivity contribution is -0.131. The highest BCUT2D eigenvalue weighted by atomic mass is 19.1. The summed E-state index contributed by atoms with van der Waals surface area (Å²) in [5.41, 5.74) is -1.56. The highest BCUT2D eigenvalue weighted by Crippen LogP contribution is 2.32. The molecule has 11 heavy (non-hydrogen) atoms. The molecule has 0 unspecified atom stereocenters. The molecule has 0 aromatic rings. The first-order valence-corrected chi connectivity index (χ1v) is 3.91. The molecule has 2 fully saturated rings. The van der Waals surface area contributed by atoms with Crippen LogP contribution in [0.15, 0.2) is 0 Å². The van der Waals surface area contributed by atoms with Crippen LogP contribution in [0.2, 0.25) is 0 Å². The predicted octanol–water partition coefficient (Wildman–Crippen LogP) is -0.566. The van der Waals surface area contributed by atoms with Crippen molar-refractivity contribution < 1.29 is 9.18 Å². The molecule has 4 heteroatoms. The monoisotopic (exact) mass is 158 g/mol. The van der Waals surface area contributed by atoms with Gasteiger partial charge in [-0.15, -0.1) is 0 Å². The van der Waals surface area contributed by atoms with E-state index in [1.807, 2.05) is 0 Å². The molecule has 2 saturated heterocycles. The number of piperidine rings is 1. The van der Waals surface area contributed by atoms with Crippen LogP contribution >= 0.6 is 0 Å². The van der Waals surface area contributed by atoms with Crippen molar-refractivity contribution >= 4 is 5.91 Å². The number of carbonyl (C=O) groups is 1. The maximum absolute atomic E-state index is 13.7. The van der Waals surface area contributed by atoms with E-state index in [0.29, 0.717) is 26.1 Å². The molecule has 0 bridgehead atoms. The van der Waals surface area contributed by atoms with E-state index in [-0.39, 0.29) is 5.92 Å². The average Bonchev–Trinajstić information content (AvgIpc) is 2.29. The van der Waals surface area contributed by atoms with Gasteiger partial charge in [-0.05, 0) is 6.54 Å². The molecule has 3 nitrogen and oxygen atoms in total. The fourth-order valence-electron chi connectivity index (χ4n) is 1.81. The lowest BCUT2D eigenvalue weighted by Gasteiger charge is -2.29. The number of halogens is 1. The molecule has 0 spiro atoms. The second-order valence-corrected chi connectivity index (χ2v) is 3.22. The van der Waals surface area contributed by atoms with Gasteiger partial charge in [0.05, 0.1) is 0 Å². The molecule has 2 N–H and O–H groups in total. The first kappa shape index (κ1) is 7.03. The van der Waals surface area contributed by atoms with Gasteiger partial charge in [0.25, 0.3) is 5.91 Å². The maximum Gasteiger partial charge on any atom is 0.258 e. The number of fused-ring (bicyclic) bond motifs is 1. The van der Waals surface area contributed by atoms with E-state index in [4.69, 9.17) is 0 Å². The van der Waals surface area contributed by atoms with E-state index in [0.717, 1.165) is 0 Å². The first-order chi connectivity index (χ1) is 5.23. The number of carbonyl (C=O) groups excluding carboxylic acids is 1. The molecule has 62 valence electrons. The molecule has 2 atom stereocenters. The highest BCUT2D eigenvalue weighted by molar-refractivity contribution is 5.88. The molecule has 2 aliphatic rings. The topological polar surface area (TPSA) is 41.1 Å². The largest absolute Gasteiger partial charge is 0.353 e. The Labute approximate surface area is 64.3 Å². The number of alkyl halides is 1. The number of nitrogens with one attached hydrogen (secondary N) is 2. The average molecular weight is 158 g/mol. The third-order valence-corrected chi connectivity index (χ3v) is 2.59. The predicted molar refractivity (Wildman–Crippen MR) is 37.8 cm³/mol. The summed E-state index contributed by atoms with van der Waals surface area (Å²) in [4.78, 5) is 11.0. The van der Waals surface area contributed by atoms with Crippen molar-refractivity contribution in [2.24, 2.45) is 5.92 Å². The first-order valence-electron chi connectivity index (χ1n) is 3.91. The normalized spacial score (nSPS) is 43.4. The SMILES string of the molecule is O=C1NC[C@H]2CNCC[C@@]12F. The summed E-state index contributed by atoms with van der Waals surface area (Å²) in [5.74, 6) is -0.562. The maximum atomic E-state index is 13.7. The lowest BCUT2D eigenvalue weighted by Crippen LogP contribution is -2.48. The fraction of sp³-hybridized carbons (Fsp3) is 0.857. The second kappa shape index (κ2) is 2.17. The molecule has 2 heterocycles. The number of hydrogen-bond acceptors (Lipinski definition) is 2. The Morgan fingerprint density at radius 2 is 2.36 bits per heavy atom. The van der Waals surface area contributed by atoms with Crippen molar-refractivity contribution in [3.63, 3.8) is 0 Å². The summed E-state index contributed by atoms with van der Waals surface area (Å²) in [6.45, 7) is 1.72. The molecular weight excluding hydrogens is 147 g/mol. The Hall–Kier alpha value is -0.640. The molecular formula is C7H11FN2O. The van der Waals surface area contributed by atoms with Gasteiger partial charge in [0, 0.05) is 25.4 Å². The smallest absolute Gasteiger partial charge is 0.258 e. The van der Waals surface area contributed by atoms with Crippen molar-refractivity contribution in [1.82, 2.24) is 10.6 Å². The summed E-state index contributed by atoms with van der Waals surface area (Å²) in [5, 5.41) is 5.62. The molecule has 0 radical (unpaired) electrons. The van der Waals surface area contributed by atoms with E-state index >= 15 is 0 Å². The van der Waals surface area contributed by atoms with Gasteiger partial charge < -0.3 is 10.6 Å². The molecule has 1 amide bonds. The lowest BCUT2D eigenvalue weighted by atomic mass is 9.86. The van der Waals surface area contributed by atoms with Crippen LogP contribution in [0.4, 0.5) is 4.39 Å². The van der Waals surface area contributed by atoms with Gasteiger partial charge in [0.15, 0.2) is 5.67 Å². The Morgan fingerprint density at radius 1 is 1.55 bits per heavy atom. The van der Waals surface area contributed by atoms with Gasteiger partial charge in [-0.3, -0.25) is 4.79 Å². The number of rotatable bonds is 0. The Morgan fingerprint density at radius 3 is 3.09 bits per heavy atom. The van der Waals surface area contributed by atoms with Crippen LogP contribution in [0.3, 0.4) is 0 Å². The van der Waals surface area contributed by atoms with Crippen LogP contribution in [0.25, 0.3) is 0 Å². The number of amides is 1. The van der Waals surface area contributed by atoms with E-state index in [9.17, 15) is 9.18 Å². The fourth-order valence-corrected chi connectivity index (χ4v) is 1.81. The van der Waals surface area contributed by atoms with E-state index < -0.39 is 11.6 Å². The van der Waals surface area contributed by atoms with Crippen molar-refractivity contribution in [1.29, 1.82) is 0 Å². The van der Waals surface area contributed by atoms with Crippen LogP contribution in [0.5, 0.6) is 0 Å². The Balaban J connectivity index is 2.23. The third-order valence-electron chi connectivity index (χ3n) is 2.59. The summed E-state index contributed by atoms with van der Waals surface area (Å²) in [6, 6.07) is 0. The quantitative estimate of drug-likeness (QED) is 0.496. The van der Waals surface area contributed by atoms with Crippen LogP contribution < -0.4 is 10.6 Å². The van der Waals surface area contributed by atoms with E-state index in [2.05, 4.69) is 10.6 Å². The van der Waals surface area contributed by atoms with Gasteiger partial charge in [0.2, 0.25) is 0 Å². The standard InChI is InChI=1S/C7H11FN2O/c8-7-1-2-9-3-5(7)4-10-6(7)11/h5,9H,1-4H2,(H,10,11)/t5-,7+/m1/s1. The summed E-state index contributed by atoms with van der Waals surface area (Å²) in [6.07, 6.45) is 0.323. The molecule has 0 aliphatic carbocycles. The van der Waals surface area contributed by atoms with Crippen LogP contribution in [-0.2, 0) is 4.79 Å². The molecule has 2 rings (SSSR count). The van der Waals surface area contributed by atoms with Gasteiger partial charge in [-0.2, -0.15) is 0 Å². The van der Waals surface area contributed by atoms with Gasteiger partial charge in [0.1, 0.15) is 0 Å². The summed E-state index contributed by atoms with van der Waals surface area (Å²) in [7, 11) is 0. The van der Waals surface area contributed by atoms with Gasteiger partial charge >= 0.3 is 0 Å². The van der Waals surface area contributed by atoms with Gasteiger partial charge in [-0.1, -0.05) is 0 Å². The van der Waals surface area contributed by atoms with Gasteiger partial charge in [-0.25, -0.2) is 4.39 Å². The second-order valence-electron chi connectivity index (χ2n) is 3.22. The zero-order chi connectivity index (χ0) is 7.90. The van der Waals surface area contributed by atoms with Crippen LogP contribution in [0, 0.1) is 5.92 Å². The summed E-state index contributed by atoms with van der Waals surface area (Å²) >= 11 is 0. The van der Waals surface area contributed by atoms with Crippen molar-refractivity contribution in [2.75, 3.05) is 19.6 Å². The van der Waals surface area contributed by atoms with E-state index in [1.54, 1.807) is 0 Å². The molecule has 0 saturated carbocycles. The Kier molecular flexibility index (Phi) is 1.39. The van der Waals surface area contributed by atoms with Crippen LogP contribution in [0.1, 0.15) is 6.42 Å².